The molecular formula is C8H7ClN2O3. The van der Waals surface area contributed by atoms with E-state index < -0.39 is 11.7 Å². The minimum absolute atomic E-state index is 0.101. The van der Waals surface area contributed by atoms with Crippen molar-refractivity contribution in [2.45, 2.75) is 6.54 Å². The van der Waals surface area contributed by atoms with Crippen LogP contribution in [0.4, 0.5) is 0 Å². The zero-order chi connectivity index (χ0) is 10.7. The van der Waals surface area contributed by atoms with Gasteiger partial charge < -0.3 is 5.11 Å². The number of hydrogen-bond acceptors (Lipinski definition) is 3. The second-order valence-electron chi connectivity index (χ2n) is 2.59. The molecular weight excluding hydrogens is 208 g/mol. The SMILES string of the molecule is C=C(Cn1cc(Cl)cnc1=O)C(=O)O. The summed E-state index contributed by atoms with van der Waals surface area (Å²) >= 11 is 5.58. The summed E-state index contributed by atoms with van der Waals surface area (Å²) in [6.45, 7) is 3.17. The van der Waals surface area contributed by atoms with E-state index in [1.807, 2.05) is 0 Å². The molecule has 1 aromatic heterocycles. The molecule has 0 saturated heterocycles. The van der Waals surface area contributed by atoms with Crippen LogP contribution in [0, 0.1) is 0 Å². The van der Waals surface area contributed by atoms with Crippen molar-refractivity contribution < 1.29 is 9.90 Å². The number of aromatic nitrogens is 2. The normalized spacial score (nSPS) is 9.79. The van der Waals surface area contributed by atoms with Gasteiger partial charge in [-0.25, -0.2) is 14.6 Å². The van der Waals surface area contributed by atoms with Gasteiger partial charge in [0, 0.05) is 11.8 Å². The van der Waals surface area contributed by atoms with E-state index in [1.165, 1.54) is 12.4 Å². The Balaban J connectivity index is 2.97. The van der Waals surface area contributed by atoms with Gasteiger partial charge in [0.2, 0.25) is 0 Å². The molecule has 14 heavy (non-hydrogen) atoms. The summed E-state index contributed by atoms with van der Waals surface area (Å²) in [5, 5.41) is 8.80. The predicted molar refractivity (Wildman–Crippen MR) is 50.3 cm³/mol. The van der Waals surface area contributed by atoms with Crippen molar-refractivity contribution in [3.05, 3.63) is 40.1 Å². The molecule has 1 rings (SSSR count). The predicted octanol–water partition coefficient (Wildman–Crippen LogP) is 0.537. The van der Waals surface area contributed by atoms with Crippen molar-refractivity contribution in [1.82, 2.24) is 9.55 Å². The Morgan fingerprint density at radius 1 is 1.71 bits per heavy atom. The van der Waals surface area contributed by atoms with Crippen molar-refractivity contribution in [1.29, 1.82) is 0 Å². The van der Waals surface area contributed by atoms with E-state index in [0.717, 1.165) is 4.57 Å². The lowest BCUT2D eigenvalue weighted by Gasteiger charge is -2.03. The Kier molecular flexibility index (Phi) is 3.03. The van der Waals surface area contributed by atoms with Crippen molar-refractivity contribution in [3.8, 4) is 0 Å². The maximum Gasteiger partial charge on any atom is 0.347 e. The van der Waals surface area contributed by atoms with Gasteiger partial charge in [0.05, 0.1) is 17.8 Å². The van der Waals surface area contributed by atoms with Crippen LogP contribution in [0.2, 0.25) is 5.02 Å². The Morgan fingerprint density at radius 3 is 2.93 bits per heavy atom. The van der Waals surface area contributed by atoms with Gasteiger partial charge in [-0.05, 0) is 0 Å². The number of rotatable bonds is 3. The molecule has 0 amide bonds. The quantitative estimate of drug-likeness (QED) is 0.746. The molecule has 0 aliphatic heterocycles. The van der Waals surface area contributed by atoms with Gasteiger partial charge in [0.15, 0.2) is 0 Å². The van der Waals surface area contributed by atoms with Crippen LogP contribution in [0.25, 0.3) is 0 Å². The minimum atomic E-state index is -1.16. The number of nitrogens with zero attached hydrogens (tertiary/aromatic N) is 2. The molecule has 1 aromatic rings. The van der Waals surface area contributed by atoms with Crippen LogP contribution in [-0.4, -0.2) is 20.6 Å². The lowest BCUT2D eigenvalue weighted by molar-refractivity contribution is -0.132. The van der Waals surface area contributed by atoms with E-state index in [9.17, 15) is 9.59 Å². The molecule has 1 N–H and O–H groups in total. The van der Waals surface area contributed by atoms with Crippen LogP contribution in [0.5, 0.6) is 0 Å². The molecule has 0 bridgehead atoms. The standard InChI is InChI=1S/C8H7ClN2O3/c1-5(7(12)13)3-11-4-6(9)2-10-8(11)14/h2,4H,1,3H2,(H,12,13). The van der Waals surface area contributed by atoms with Crippen molar-refractivity contribution in [3.63, 3.8) is 0 Å². The van der Waals surface area contributed by atoms with Crippen molar-refractivity contribution >= 4 is 17.6 Å². The Labute approximate surface area is 84.3 Å². The van der Waals surface area contributed by atoms with Crippen LogP contribution < -0.4 is 5.69 Å². The molecule has 0 spiro atoms. The van der Waals surface area contributed by atoms with E-state index in [2.05, 4.69) is 11.6 Å². The topological polar surface area (TPSA) is 72.2 Å². The number of hydrogen-bond donors (Lipinski definition) is 1. The summed E-state index contributed by atoms with van der Waals surface area (Å²) in [5.41, 5.74) is -0.659. The van der Waals surface area contributed by atoms with E-state index in [4.69, 9.17) is 16.7 Å². The molecule has 0 unspecified atom stereocenters. The molecule has 0 aliphatic rings. The number of aliphatic carboxylic acids is 1. The molecule has 0 radical (unpaired) electrons. The van der Waals surface area contributed by atoms with E-state index in [0.29, 0.717) is 0 Å². The summed E-state index contributed by atoms with van der Waals surface area (Å²) in [4.78, 5) is 25.0. The minimum Gasteiger partial charge on any atom is -0.478 e. The molecule has 0 saturated carbocycles. The second-order valence-corrected chi connectivity index (χ2v) is 3.03. The lowest BCUT2D eigenvalue weighted by Crippen LogP contribution is -2.24. The van der Waals surface area contributed by atoms with Crippen LogP contribution in [0.1, 0.15) is 0 Å². The summed E-state index contributed by atoms with van der Waals surface area (Å²) in [6, 6.07) is 0. The molecule has 0 aromatic carbocycles. The van der Waals surface area contributed by atoms with Gasteiger partial charge in [0.1, 0.15) is 0 Å². The number of carbonyl (C=O) groups is 1. The van der Waals surface area contributed by atoms with E-state index >= 15 is 0 Å². The fourth-order valence-corrected chi connectivity index (χ4v) is 0.982. The third-order valence-corrected chi connectivity index (χ3v) is 1.68. The lowest BCUT2D eigenvalue weighted by atomic mass is 10.3. The zero-order valence-electron chi connectivity index (χ0n) is 7.11. The van der Waals surface area contributed by atoms with Crippen molar-refractivity contribution in [2.24, 2.45) is 0 Å². The molecule has 0 aliphatic carbocycles. The first-order valence-corrected chi connectivity index (χ1v) is 4.01. The van der Waals surface area contributed by atoms with Crippen LogP contribution in [-0.2, 0) is 11.3 Å². The van der Waals surface area contributed by atoms with Crippen LogP contribution >= 0.6 is 11.6 Å². The Hall–Kier alpha value is -1.62. The van der Waals surface area contributed by atoms with Gasteiger partial charge in [-0.2, -0.15) is 0 Å². The first-order valence-electron chi connectivity index (χ1n) is 3.64. The average Bonchev–Trinajstić information content (AvgIpc) is 2.11. The van der Waals surface area contributed by atoms with Gasteiger partial charge in [-0.15, -0.1) is 0 Å². The highest BCUT2D eigenvalue weighted by Crippen LogP contribution is 2.03. The first kappa shape index (κ1) is 10.5. The van der Waals surface area contributed by atoms with Gasteiger partial charge in [-0.1, -0.05) is 18.2 Å². The second kappa shape index (κ2) is 4.06. The molecule has 74 valence electrons. The molecule has 0 fully saturated rings. The molecule has 5 nitrogen and oxygen atoms in total. The third kappa shape index (κ3) is 2.43. The summed E-state index contributed by atoms with van der Waals surface area (Å²) in [6.07, 6.45) is 2.51. The maximum atomic E-state index is 11.1. The third-order valence-electron chi connectivity index (χ3n) is 1.49. The highest BCUT2D eigenvalue weighted by molar-refractivity contribution is 6.30. The summed E-state index contributed by atoms with van der Waals surface area (Å²) in [5.74, 6) is -1.16. The van der Waals surface area contributed by atoms with E-state index in [1.54, 1.807) is 0 Å². The van der Waals surface area contributed by atoms with Crippen LogP contribution in [0.15, 0.2) is 29.3 Å². The van der Waals surface area contributed by atoms with Crippen LogP contribution in [0.3, 0.4) is 0 Å². The number of carboxylic acid groups (broad SMARTS) is 1. The smallest absolute Gasteiger partial charge is 0.347 e. The molecule has 0 atom stereocenters. The highest BCUT2D eigenvalue weighted by atomic mass is 35.5. The van der Waals surface area contributed by atoms with E-state index in [-0.39, 0.29) is 17.1 Å². The Morgan fingerprint density at radius 2 is 2.36 bits per heavy atom. The summed E-state index contributed by atoms with van der Waals surface area (Å²) in [7, 11) is 0. The highest BCUT2D eigenvalue weighted by Gasteiger charge is 2.06. The summed E-state index contributed by atoms with van der Waals surface area (Å²) < 4.78 is 1.08. The average molecular weight is 215 g/mol. The number of halogens is 1. The molecule has 6 heteroatoms. The maximum absolute atomic E-state index is 11.1. The van der Waals surface area contributed by atoms with Gasteiger partial charge in [0.25, 0.3) is 0 Å². The fraction of sp³-hybridized carbons (Fsp3) is 0.125. The Bertz CT molecular complexity index is 438. The molecule has 1 heterocycles. The van der Waals surface area contributed by atoms with Gasteiger partial charge in [-0.3, -0.25) is 4.57 Å². The zero-order valence-corrected chi connectivity index (χ0v) is 7.86. The fourth-order valence-electron chi connectivity index (χ4n) is 0.815. The first-order chi connectivity index (χ1) is 6.50. The largest absolute Gasteiger partial charge is 0.478 e. The van der Waals surface area contributed by atoms with Gasteiger partial charge >= 0.3 is 11.7 Å². The number of carboxylic acids is 1. The van der Waals surface area contributed by atoms with Crippen molar-refractivity contribution in [2.75, 3.05) is 0 Å². The monoisotopic (exact) mass is 214 g/mol.